The van der Waals surface area contributed by atoms with Crippen LogP contribution in [0.15, 0.2) is 36.4 Å². The van der Waals surface area contributed by atoms with Crippen LogP contribution in [0.25, 0.3) is 11.4 Å². The molecule has 4 rings (SSSR count). The number of nitrogens with one attached hydrogen (secondary N) is 1. The third-order valence-corrected chi connectivity index (χ3v) is 4.98. The summed E-state index contributed by atoms with van der Waals surface area (Å²) in [4.78, 5) is 12.5. The van der Waals surface area contributed by atoms with Gasteiger partial charge in [0.05, 0.1) is 0 Å². The molecule has 5 nitrogen and oxygen atoms in total. The van der Waals surface area contributed by atoms with E-state index in [0.717, 1.165) is 66.8 Å². The van der Waals surface area contributed by atoms with Gasteiger partial charge < -0.3 is 9.88 Å². The second kappa shape index (κ2) is 7.50. The van der Waals surface area contributed by atoms with Gasteiger partial charge in [-0.3, -0.25) is 4.79 Å². The van der Waals surface area contributed by atoms with Gasteiger partial charge in [0.2, 0.25) is 0 Å². The number of hydrogen-bond acceptors (Lipinski definition) is 3. The lowest BCUT2D eigenvalue weighted by Crippen LogP contribution is -2.13. The monoisotopic (exact) mass is 382 g/mol. The van der Waals surface area contributed by atoms with Gasteiger partial charge in [-0.2, -0.15) is 0 Å². The number of aromatic nitrogens is 3. The van der Waals surface area contributed by atoms with Crippen LogP contribution in [0.5, 0.6) is 0 Å². The van der Waals surface area contributed by atoms with Crippen LogP contribution in [0, 0.1) is 18.6 Å². The normalized spacial score (nSPS) is 13.7. The smallest absolute Gasteiger partial charge is 0.255 e. The lowest BCUT2D eigenvalue weighted by Gasteiger charge is -2.12. The van der Waals surface area contributed by atoms with Gasteiger partial charge in [0.1, 0.15) is 17.5 Å². The molecule has 0 atom stereocenters. The Morgan fingerprint density at radius 2 is 1.82 bits per heavy atom. The van der Waals surface area contributed by atoms with Crippen LogP contribution < -0.4 is 5.32 Å². The predicted molar refractivity (Wildman–Crippen MR) is 102 cm³/mol. The number of amides is 1. The van der Waals surface area contributed by atoms with Crippen molar-refractivity contribution in [1.82, 2.24) is 14.8 Å². The molecule has 1 N–H and O–H groups in total. The predicted octanol–water partition coefficient (Wildman–Crippen LogP) is 4.51. The van der Waals surface area contributed by atoms with Gasteiger partial charge in [-0.05, 0) is 43.5 Å². The molecule has 7 heteroatoms. The number of aryl methyl sites for hydroxylation is 2. The summed E-state index contributed by atoms with van der Waals surface area (Å²) in [5.74, 6) is -0.402. The third-order valence-electron chi connectivity index (χ3n) is 4.98. The molecule has 1 aromatic heterocycles. The minimum Gasteiger partial charge on any atom is -0.322 e. The van der Waals surface area contributed by atoms with Crippen LogP contribution in [0.1, 0.15) is 41.0 Å². The van der Waals surface area contributed by atoms with Gasteiger partial charge in [-0.1, -0.05) is 18.6 Å². The average Bonchev–Trinajstić information content (AvgIpc) is 2.91. The van der Waals surface area contributed by atoms with E-state index in [-0.39, 0.29) is 5.56 Å². The van der Waals surface area contributed by atoms with Crippen molar-refractivity contribution in [1.29, 1.82) is 0 Å². The van der Waals surface area contributed by atoms with Crippen LogP contribution in [-0.2, 0) is 13.0 Å². The Bertz CT molecular complexity index is 1020. The molecule has 1 aliphatic rings. The largest absolute Gasteiger partial charge is 0.322 e. The second-order valence-electron chi connectivity index (χ2n) is 7.04. The third kappa shape index (κ3) is 3.65. The zero-order valence-electron chi connectivity index (χ0n) is 15.5. The minimum atomic E-state index is -0.790. The molecular weight excluding hydrogens is 362 g/mol. The summed E-state index contributed by atoms with van der Waals surface area (Å²) < 4.78 is 29.0. The van der Waals surface area contributed by atoms with Gasteiger partial charge >= 0.3 is 0 Å². The first-order chi connectivity index (χ1) is 13.5. The quantitative estimate of drug-likeness (QED) is 0.725. The number of rotatable bonds is 3. The Labute approximate surface area is 161 Å². The minimum absolute atomic E-state index is 0.0707. The molecule has 144 valence electrons. The fourth-order valence-corrected chi connectivity index (χ4v) is 3.47. The van der Waals surface area contributed by atoms with Crippen molar-refractivity contribution in [2.45, 2.75) is 39.2 Å². The van der Waals surface area contributed by atoms with Crippen LogP contribution in [0.4, 0.5) is 14.5 Å². The summed E-state index contributed by atoms with van der Waals surface area (Å²) >= 11 is 0. The Morgan fingerprint density at radius 1 is 1.04 bits per heavy atom. The highest BCUT2D eigenvalue weighted by atomic mass is 19.1. The maximum absolute atomic E-state index is 13.4. The van der Waals surface area contributed by atoms with E-state index in [9.17, 15) is 13.6 Å². The Hall–Kier alpha value is -3.09. The van der Waals surface area contributed by atoms with E-state index < -0.39 is 17.5 Å². The van der Waals surface area contributed by atoms with E-state index in [2.05, 4.69) is 20.1 Å². The molecule has 0 spiro atoms. The molecule has 0 aliphatic carbocycles. The van der Waals surface area contributed by atoms with Gasteiger partial charge in [0.15, 0.2) is 5.82 Å². The molecule has 2 heterocycles. The fourth-order valence-electron chi connectivity index (χ4n) is 3.47. The van der Waals surface area contributed by atoms with Crippen LogP contribution in [0.2, 0.25) is 0 Å². The first-order valence-electron chi connectivity index (χ1n) is 9.32. The van der Waals surface area contributed by atoms with Crippen molar-refractivity contribution in [3.05, 3.63) is 65.0 Å². The van der Waals surface area contributed by atoms with Gasteiger partial charge in [0.25, 0.3) is 5.91 Å². The van der Waals surface area contributed by atoms with E-state index in [1.807, 2.05) is 25.1 Å². The van der Waals surface area contributed by atoms with Gasteiger partial charge in [-0.25, -0.2) is 8.78 Å². The molecule has 0 unspecified atom stereocenters. The number of carbonyl (C=O) groups is 1. The summed E-state index contributed by atoms with van der Waals surface area (Å²) in [5, 5.41) is 11.4. The van der Waals surface area contributed by atoms with Crippen molar-refractivity contribution >= 4 is 11.6 Å². The van der Waals surface area contributed by atoms with Crippen molar-refractivity contribution in [2.75, 3.05) is 5.32 Å². The van der Waals surface area contributed by atoms with Crippen LogP contribution >= 0.6 is 0 Å². The molecule has 0 fully saturated rings. The van der Waals surface area contributed by atoms with E-state index in [1.54, 1.807) is 0 Å². The summed E-state index contributed by atoms with van der Waals surface area (Å²) in [7, 11) is 0. The standard InChI is InChI=1S/C21H20F2N4O/c1-13-6-7-14(20-26-25-19-5-3-2-4-8-27(19)20)11-18(13)24-21(28)15-9-16(22)12-17(23)10-15/h6-7,9-12H,2-5,8H2,1H3,(H,24,28). The van der Waals surface area contributed by atoms with Crippen LogP contribution in [-0.4, -0.2) is 20.7 Å². The summed E-state index contributed by atoms with van der Waals surface area (Å²) in [5.41, 5.74) is 2.17. The van der Waals surface area contributed by atoms with E-state index in [0.29, 0.717) is 5.69 Å². The number of anilines is 1. The Balaban J connectivity index is 1.65. The van der Waals surface area contributed by atoms with Gasteiger partial charge in [-0.15, -0.1) is 10.2 Å². The zero-order valence-corrected chi connectivity index (χ0v) is 15.5. The molecule has 2 aromatic carbocycles. The second-order valence-corrected chi connectivity index (χ2v) is 7.04. The first kappa shape index (κ1) is 18.3. The molecule has 3 aromatic rings. The highest BCUT2D eigenvalue weighted by Gasteiger charge is 2.17. The fraction of sp³-hybridized carbons (Fsp3) is 0.286. The summed E-state index contributed by atoms with van der Waals surface area (Å²) in [6, 6.07) is 8.40. The number of nitrogens with zero attached hydrogens (tertiary/aromatic N) is 3. The number of benzene rings is 2. The highest BCUT2D eigenvalue weighted by Crippen LogP contribution is 2.27. The molecule has 28 heavy (non-hydrogen) atoms. The molecule has 1 amide bonds. The maximum Gasteiger partial charge on any atom is 0.255 e. The SMILES string of the molecule is Cc1ccc(-c2nnc3n2CCCCC3)cc1NC(=O)c1cc(F)cc(F)c1. The van der Waals surface area contributed by atoms with Crippen molar-refractivity contribution in [3.8, 4) is 11.4 Å². The number of hydrogen-bond donors (Lipinski definition) is 1. The Morgan fingerprint density at radius 3 is 2.61 bits per heavy atom. The van der Waals surface area contributed by atoms with Crippen molar-refractivity contribution in [2.24, 2.45) is 0 Å². The Kier molecular flexibility index (Phi) is 4.90. The number of fused-ring (bicyclic) bond motifs is 1. The highest BCUT2D eigenvalue weighted by molar-refractivity contribution is 6.04. The van der Waals surface area contributed by atoms with Crippen LogP contribution in [0.3, 0.4) is 0 Å². The van der Waals surface area contributed by atoms with Gasteiger partial charge in [0, 0.05) is 35.8 Å². The summed E-state index contributed by atoms with van der Waals surface area (Å²) in [6.07, 6.45) is 4.27. The summed E-state index contributed by atoms with van der Waals surface area (Å²) in [6.45, 7) is 2.73. The lowest BCUT2D eigenvalue weighted by atomic mass is 10.1. The molecule has 0 saturated carbocycles. The average molecular weight is 382 g/mol. The van der Waals surface area contributed by atoms with E-state index >= 15 is 0 Å². The number of halogens is 2. The molecular formula is C21H20F2N4O. The molecule has 0 saturated heterocycles. The van der Waals surface area contributed by atoms with Crippen molar-refractivity contribution < 1.29 is 13.6 Å². The molecule has 1 aliphatic heterocycles. The molecule has 0 bridgehead atoms. The number of carbonyl (C=O) groups excluding carboxylic acids is 1. The zero-order chi connectivity index (χ0) is 19.7. The van der Waals surface area contributed by atoms with Crippen molar-refractivity contribution in [3.63, 3.8) is 0 Å². The maximum atomic E-state index is 13.4. The van der Waals surface area contributed by atoms with E-state index in [1.165, 1.54) is 6.42 Å². The lowest BCUT2D eigenvalue weighted by molar-refractivity contribution is 0.102. The van der Waals surface area contributed by atoms with E-state index in [4.69, 9.17) is 0 Å². The first-order valence-corrected chi connectivity index (χ1v) is 9.32. The molecule has 0 radical (unpaired) electrons. The topological polar surface area (TPSA) is 59.8 Å².